The molecule has 0 radical (unpaired) electrons. The summed E-state index contributed by atoms with van der Waals surface area (Å²) in [4.78, 5) is 0. The first-order chi connectivity index (χ1) is 6.64. The zero-order valence-corrected chi connectivity index (χ0v) is 8.76. The first kappa shape index (κ1) is 11.5. The Labute approximate surface area is 84.9 Å². The van der Waals surface area contributed by atoms with E-state index in [0.717, 1.165) is 32.1 Å². The van der Waals surface area contributed by atoms with E-state index in [1.165, 1.54) is 0 Å². The van der Waals surface area contributed by atoms with Gasteiger partial charge in [-0.3, -0.25) is 0 Å². The topological polar surface area (TPSA) is 52.6 Å². The van der Waals surface area contributed by atoms with Gasteiger partial charge in [-0.15, -0.1) is 6.42 Å². The van der Waals surface area contributed by atoms with Gasteiger partial charge in [0.1, 0.15) is 6.61 Å². The molecule has 0 N–H and O–H groups in total. The number of hydrogen-bond donors (Lipinski definition) is 0. The van der Waals surface area contributed by atoms with Gasteiger partial charge < -0.3 is 0 Å². The van der Waals surface area contributed by atoms with Crippen molar-refractivity contribution < 1.29 is 16.8 Å². The Morgan fingerprint density at radius 1 is 1.29 bits per heavy atom. The molecule has 4 nitrogen and oxygen atoms in total. The van der Waals surface area contributed by atoms with E-state index < -0.39 is 10.4 Å². The highest BCUT2D eigenvalue weighted by Crippen LogP contribution is 2.22. The number of rotatable bonds is 4. The van der Waals surface area contributed by atoms with Crippen LogP contribution in [0.3, 0.4) is 0 Å². The van der Waals surface area contributed by atoms with Crippen molar-refractivity contribution in [1.82, 2.24) is 0 Å². The van der Waals surface area contributed by atoms with Crippen LogP contribution in [-0.4, -0.2) is 21.1 Å². The Morgan fingerprint density at radius 2 is 1.93 bits per heavy atom. The molecular formula is C9H14O4S. The molecule has 1 saturated carbocycles. The van der Waals surface area contributed by atoms with Crippen LogP contribution in [0, 0.1) is 12.3 Å². The van der Waals surface area contributed by atoms with Crippen molar-refractivity contribution in [2.24, 2.45) is 0 Å². The molecule has 14 heavy (non-hydrogen) atoms. The maximum absolute atomic E-state index is 11.1. The molecule has 1 fully saturated rings. The zero-order valence-electron chi connectivity index (χ0n) is 7.94. The minimum atomic E-state index is -3.89. The van der Waals surface area contributed by atoms with E-state index >= 15 is 0 Å². The van der Waals surface area contributed by atoms with Crippen LogP contribution in [0.4, 0.5) is 0 Å². The Morgan fingerprint density at radius 3 is 2.50 bits per heavy atom. The van der Waals surface area contributed by atoms with E-state index in [1.54, 1.807) is 0 Å². The highest BCUT2D eigenvalue weighted by atomic mass is 32.3. The molecule has 0 aromatic rings. The smallest absolute Gasteiger partial charge is 0.245 e. The van der Waals surface area contributed by atoms with Crippen molar-refractivity contribution in [3.05, 3.63) is 0 Å². The first-order valence-corrected chi connectivity index (χ1v) is 5.98. The quantitative estimate of drug-likeness (QED) is 0.666. The number of terminal acetylenes is 1. The van der Waals surface area contributed by atoms with Gasteiger partial charge in [-0.25, -0.2) is 8.37 Å². The standard InChI is InChI=1S/C9H14O4S/c1-2-8-12-14(10,11)13-9-6-4-3-5-7-9/h1,9H,3-8H2. The summed E-state index contributed by atoms with van der Waals surface area (Å²) in [6.07, 6.45) is 9.36. The fourth-order valence-corrected chi connectivity index (χ4v) is 2.26. The fourth-order valence-electron chi connectivity index (χ4n) is 1.46. The average Bonchev–Trinajstić information content (AvgIpc) is 2.16. The van der Waals surface area contributed by atoms with Crippen LogP contribution in [0.5, 0.6) is 0 Å². The Hall–Kier alpha value is -0.570. The fraction of sp³-hybridized carbons (Fsp3) is 0.778. The van der Waals surface area contributed by atoms with Crippen molar-refractivity contribution >= 4 is 10.4 Å². The molecule has 5 heteroatoms. The predicted octanol–water partition coefficient (Wildman–Crippen LogP) is 1.23. The van der Waals surface area contributed by atoms with Crippen molar-refractivity contribution in [2.75, 3.05) is 6.61 Å². The molecule has 0 spiro atoms. The zero-order chi connectivity index (χ0) is 10.4. The van der Waals surface area contributed by atoms with Crippen molar-refractivity contribution in [3.8, 4) is 12.3 Å². The molecule has 0 heterocycles. The van der Waals surface area contributed by atoms with E-state index in [9.17, 15) is 8.42 Å². The normalized spacial score (nSPS) is 19.1. The summed E-state index contributed by atoms with van der Waals surface area (Å²) in [5, 5.41) is 0. The molecule has 0 amide bonds. The van der Waals surface area contributed by atoms with Crippen molar-refractivity contribution in [3.63, 3.8) is 0 Å². The van der Waals surface area contributed by atoms with E-state index in [2.05, 4.69) is 10.1 Å². The van der Waals surface area contributed by atoms with Gasteiger partial charge in [-0.1, -0.05) is 25.2 Å². The van der Waals surface area contributed by atoms with Gasteiger partial charge in [0.25, 0.3) is 0 Å². The summed E-state index contributed by atoms with van der Waals surface area (Å²) < 4.78 is 31.5. The van der Waals surface area contributed by atoms with E-state index in [1.807, 2.05) is 0 Å². The number of hydrogen-bond acceptors (Lipinski definition) is 4. The lowest BCUT2D eigenvalue weighted by molar-refractivity contribution is 0.130. The molecule has 0 aliphatic heterocycles. The molecule has 1 aliphatic rings. The second kappa shape index (κ2) is 5.35. The van der Waals surface area contributed by atoms with E-state index in [4.69, 9.17) is 10.6 Å². The molecule has 1 rings (SSSR count). The van der Waals surface area contributed by atoms with Crippen LogP contribution in [0.15, 0.2) is 0 Å². The summed E-state index contributed by atoms with van der Waals surface area (Å²) in [6, 6.07) is 0. The maximum Gasteiger partial charge on any atom is 0.401 e. The lowest BCUT2D eigenvalue weighted by atomic mass is 9.98. The lowest BCUT2D eigenvalue weighted by Gasteiger charge is -2.20. The summed E-state index contributed by atoms with van der Waals surface area (Å²) in [5.41, 5.74) is 0. The van der Waals surface area contributed by atoms with Crippen LogP contribution in [0.1, 0.15) is 32.1 Å². The third-order valence-electron chi connectivity index (χ3n) is 2.09. The minimum Gasteiger partial charge on any atom is -0.245 e. The Balaban J connectivity index is 2.38. The molecule has 0 aromatic carbocycles. The molecule has 0 aromatic heterocycles. The Bertz CT molecular complexity index is 295. The average molecular weight is 218 g/mol. The van der Waals surface area contributed by atoms with Gasteiger partial charge in [0, 0.05) is 0 Å². The van der Waals surface area contributed by atoms with Crippen molar-refractivity contribution in [1.29, 1.82) is 0 Å². The summed E-state index contributed by atoms with van der Waals surface area (Å²) in [6.45, 7) is -0.269. The van der Waals surface area contributed by atoms with Gasteiger partial charge in [0.15, 0.2) is 0 Å². The minimum absolute atomic E-state index is 0.230. The van der Waals surface area contributed by atoms with Gasteiger partial charge >= 0.3 is 10.4 Å². The van der Waals surface area contributed by atoms with E-state index in [0.29, 0.717) is 0 Å². The van der Waals surface area contributed by atoms with Crippen LogP contribution in [-0.2, 0) is 18.8 Å². The van der Waals surface area contributed by atoms with Gasteiger partial charge in [-0.2, -0.15) is 8.42 Å². The molecule has 0 bridgehead atoms. The SMILES string of the molecule is C#CCOS(=O)(=O)OC1CCCCC1. The summed E-state index contributed by atoms with van der Waals surface area (Å²) >= 11 is 0. The highest BCUT2D eigenvalue weighted by molar-refractivity contribution is 7.81. The van der Waals surface area contributed by atoms with E-state index in [-0.39, 0.29) is 12.7 Å². The van der Waals surface area contributed by atoms with Crippen molar-refractivity contribution in [2.45, 2.75) is 38.2 Å². The summed E-state index contributed by atoms with van der Waals surface area (Å²) in [5.74, 6) is 2.08. The third-order valence-corrected chi connectivity index (χ3v) is 3.01. The monoisotopic (exact) mass is 218 g/mol. The van der Waals surface area contributed by atoms with Gasteiger partial charge in [-0.05, 0) is 12.8 Å². The summed E-state index contributed by atoms with van der Waals surface area (Å²) in [7, 11) is -3.89. The lowest BCUT2D eigenvalue weighted by Crippen LogP contribution is -2.22. The molecule has 80 valence electrons. The molecule has 0 unspecified atom stereocenters. The molecule has 1 aliphatic carbocycles. The Kier molecular flexibility index (Phi) is 4.39. The second-order valence-electron chi connectivity index (χ2n) is 3.23. The first-order valence-electron chi connectivity index (χ1n) is 4.65. The largest absolute Gasteiger partial charge is 0.401 e. The van der Waals surface area contributed by atoms with Gasteiger partial charge in [0.05, 0.1) is 6.10 Å². The van der Waals surface area contributed by atoms with Gasteiger partial charge in [0.2, 0.25) is 0 Å². The predicted molar refractivity (Wildman–Crippen MR) is 51.7 cm³/mol. The second-order valence-corrected chi connectivity index (χ2v) is 4.48. The molecule has 0 atom stereocenters. The third kappa shape index (κ3) is 4.09. The van der Waals surface area contributed by atoms with Crippen LogP contribution < -0.4 is 0 Å². The van der Waals surface area contributed by atoms with Crippen LogP contribution >= 0.6 is 0 Å². The van der Waals surface area contributed by atoms with Crippen LogP contribution in [0.25, 0.3) is 0 Å². The maximum atomic E-state index is 11.1. The molecule has 0 saturated heterocycles. The highest BCUT2D eigenvalue weighted by Gasteiger charge is 2.21. The molecular weight excluding hydrogens is 204 g/mol. The van der Waals surface area contributed by atoms with Crippen LogP contribution in [0.2, 0.25) is 0 Å².